The van der Waals surface area contributed by atoms with Gasteiger partial charge in [-0.25, -0.2) is 0 Å². The molecule has 0 aliphatic rings. The number of nitrogens with one attached hydrogen (secondary N) is 2. The molecule has 1 amide bonds. The van der Waals surface area contributed by atoms with E-state index in [4.69, 9.17) is 5.73 Å². The fourth-order valence-corrected chi connectivity index (χ4v) is 1.28. The maximum atomic E-state index is 11.8. The zero-order valence-electron chi connectivity index (χ0n) is 8.77. The Kier molecular flexibility index (Phi) is 2.59. The topological polar surface area (TPSA) is 102 Å². The smallest absolute Gasteiger partial charge is 0.278 e. The molecule has 0 bridgehead atoms. The summed E-state index contributed by atoms with van der Waals surface area (Å²) in [4.78, 5) is 11.8. The number of hydrogen-bond donors (Lipinski definition) is 3. The second-order valence-corrected chi connectivity index (χ2v) is 3.23. The van der Waals surface area contributed by atoms with Crippen molar-refractivity contribution in [2.24, 2.45) is 0 Å². The Morgan fingerprint density at radius 2 is 2.50 bits per heavy atom. The summed E-state index contributed by atoms with van der Waals surface area (Å²) in [5.41, 5.74) is 6.85. The zero-order valence-corrected chi connectivity index (χ0v) is 8.77. The molecule has 4 N–H and O–H groups in total. The average Bonchev–Trinajstić information content (AvgIpc) is 2.87. The van der Waals surface area contributed by atoms with Crippen LogP contribution in [0.5, 0.6) is 0 Å². The molecule has 2 rings (SSSR count). The minimum absolute atomic E-state index is 0.225. The largest absolute Gasteiger partial charge is 0.396 e. The number of anilines is 2. The molecule has 0 radical (unpaired) electrons. The monoisotopic (exact) mass is 220 g/mol. The van der Waals surface area contributed by atoms with Crippen LogP contribution in [0.4, 0.5) is 11.4 Å². The number of nitrogens with two attached hydrogens (primary N) is 1. The van der Waals surface area contributed by atoms with Gasteiger partial charge in [0.05, 0.1) is 17.6 Å². The molecule has 2 heterocycles. The summed E-state index contributed by atoms with van der Waals surface area (Å²) in [6.45, 7) is 2.59. The van der Waals surface area contributed by atoms with Gasteiger partial charge in [-0.3, -0.25) is 14.6 Å². The van der Waals surface area contributed by atoms with Crippen LogP contribution in [0, 0.1) is 0 Å². The molecule has 16 heavy (non-hydrogen) atoms. The quantitative estimate of drug-likeness (QED) is 0.699. The predicted molar refractivity (Wildman–Crippen MR) is 58.9 cm³/mol. The molecule has 0 unspecified atom stereocenters. The summed E-state index contributed by atoms with van der Waals surface area (Å²) in [6, 6.07) is 0. The molecule has 0 aliphatic heterocycles. The van der Waals surface area contributed by atoms with Crippen molar-refractivity contribution in [2.45, 2.75) is 13.5 Å². The summed E-state index contributed by atoms with van der Waals surface area (Å²) in [5, 5.41) is 13.0. The Hall–Kier alpha value is -2.31. The van der Waals surface area contributed by atoms with E-state index < -0.39 is 0 Å². The first-order valence-corrected chi connectivity index (χ1v) is 4.83. The molecule has 7 nitrogen and oxygen atoms in total. The van der Waals surface area contributed by atoms with Crippen LogP contribution in [0.3, 0.4) is 0 Å². The highest BCUT2D eigenvalue weighted by atomic mass is 16.2. The number of nitrogens with zero attached hydrogens (tertiary/aromatic N) is 3. The molecular formula is C9H12N6O. The van der Waals surface area contributed by atoms with Gasteiger partial charge in [0.15, 0.2) is 5.69 Å². The van der Waals surface area contributed by atoms with Gasteiger partial charge in [0.25, 0.3) is 5.91 Å². The number of hydrogen-bond acceptors (Lipinski definition) is 4. The first-order chi connectivity index (χ1) is 7.70. The molecule has 2 aromatic rings. The lowest BCUT2D eigenvalue weighted by Crippen LogP contribution is -2.14. The summed E-state index contributed by atoms with van der Waals surface area (Å²) in [7, 11) is 0. The maximum Gasteiger partial charge on any atom is 0.278 e. The van der Waals surface area contributed by atoms with Crippen molar-refractivity contribution in [2.75, 3.05) is 11.1 Å². The molecule has 0 atom stereocenters. The van der Waals surface area contributed by atoms with Gasteiger partial charge in [-0.2, -0.15) is 10.2 Å². The van der Waals surface area contributed by atoms with Gasteiger partial charge in [0.2, 0.25) is 0 Å². The van der Waals surface area contributed by atoms with Gasteiger partial charge < -0.3 is 11.1 Å². The van der Waals surface area contributed by atoms with Crippen molar-refractivity contribution in [1.29, 1.82) is 0 Å². The molecule has 2 aromatic heterocycles. The van der Waals surface area contributed by atoms with Crippen LogP contribution in [0.2, 0.25) is 0 Å². The molecule has 0 spiro atoms. The van der Waals surface area contributed by atoms with Crippen LogP contribution in [-0.2, 0) is 6.54 Å². The highest BCUT2D eigenvalue weighted by Gasteiger charge is 2.14. The van der Waals surface area contributed by atoms with E-state index in [2.05, 4.69) is 20.6 Å². The molecule has 0 saturated heterocycles. The van der Waals surface area contributed by atoms with Gasteiger partial charge in [0, 0.05) is 18.9 Å². The van der Waals surface area contributed by atoms with Crippen LogP contribution in [0.15, 0.2) is 18.6 Å². The normalized spacial score (nSPS) is 10.3. The average molecular weight is 220 g/mol. The van der Waals surface area contributed by atoms with Crippen LogP contribution >= 0.6 is 0 Å². The molecule has 0 aliphatic carbocycles. The molecular weight excluding hydrogens is 208 g/mol. The van der Waals surface area contributed by atoms with Gasteiger partial charge in [-0.15, -0.1) is 0 Å². The van der Waals surface area contributed by atoms with Crippen molar-refractivity contribution in [3.8, 4) is 0 Å². The number of nitrogen functional groups attached to an aromatic ring is 1. The summed E-state index contributed by atoms with van der Waals surface area (Å²) in [5.74, 6) is -0.342. The number of carbonyl (C=O) groups excluding carboxylic acids is 1. The first kappa shape index (κ1) is 10.2. The van der Waals surface area contributed by atoms with Crippen LogP contribution in [-0.4, -0.2) is 25.9 Å². The Morgan fingerprint density at radius 1 is 1.69 bits per heavy atom. The van der Waals surface area contributed by atoms with E-state index in [-0.39, 0.29) is 11.6 Å². The Morgan fingerprint density at radius 3 is 3.06 bits per heavy atom. The molecule has 7 heteroatoms. The number of rotatable bonds is 3. The molecule has 84 valence electrons. The third-order valence-electron chi connectivity index (χ3n) is 2.09. The van der Waals surface area contributed by atoms with E-state index in [0.29, 0.717) is 17.9 Å². The van der Waals surface area contributed by atoms with E-state index in [0.717, 1.165) is 0 Å². The number of amides is 1. The Labute approximate surface area is 91.6 Å². The molecule has 0 saturated carbocycles. The van der Waals surface area contributed by atoms with Gasteiger partial charge in [-0.05, 0) is 6.92 Å². The molecule has 0 fully saturated rings. The highest BCUT2D eigenvalue weighted by Crippen LogP contribution is 2.11. The van der Waals surface area contributed by atoms with Gasteiger partial charge in [-0.1, -0.05) is 0 Å². The fraction of sp³-hybridized carbons (Fsp3) is 0.222. The lowest BCUT2D eigenvalue weighted by molar-refractivity contribution is 0.102. The second-order valence-electron chi connectivity index (χ2n) is 3.23. The number of carbonyl (C=O) groups is 1. The number of aryl methyl sites for hydroxylation is 1. The zero-order chi connectivity index (χ0) is 11.5. The Balaban J connectivity index is 2.17. The summed E-state index contributed by atoms with van der Waals surface area (Å²) < 4.78 is 1.61. The summed E-state index contributed by atoms with van der Waals surface area (Å²) in [6.07, 6.45) is 4.71. The molecule has 0 aromatic carbocycles. The number of H-pyrrole nitrogens is 1. The lowest BCUT2D eigenvalue weighted by Gasteiger charge is -1.99. The van der Waals surface area contributed by atoms with E-state index in [1.807, 2.05) is 6.92 Å². The number of aromatic amines is 1. The standard InChI is InChI=1S/C9H12N6O/c1-2-15-5-7(10)8(14-15)9(16)13-6-3-11-12-4-6/h3-5H,2,10H2,1H3,(H,11,12)(H,13,16). The van der Waals surface area contributed by atoms with Crippen LogP contribution in [0.1, 0.15) is 17.4 Å². The maximum absolute atomic E-state index is 11.8. The third kappa shape index (κ3) is 1.88. The van der Waals surface area contributed by atoms with Crippen LogP contribution < -0.4 is 11.1 Å². The summed E-state index contributed by atoms with van der Waals surface area (Å²) >= 11 is 0. The highest BCUT2D eigenvalue weighted by molar-refractivity contribution is 6.05. The van der Waals surface area contributed by atoms with E-state index in [1.165, 1.54) is 6.20 Å². The Bertz CT molecular complexity index is 486. The van der Waals surface area contributed by atoms with Crippen molar-refractivity contribution in [3.63, 3.8) is 0 Å². The fourth-order valence-electron chi connectivity index (χ4n) is 1.28. The van der Waals surface area contributed by atoms with Crippen molar-refractivity contribution < 1.29 is 4.79 Å². The van der Waals surface area contributed by atoms with Crippen molar-refractivity contribution in [1.82, 2.24) is 20.0 Å². The van der Waals surface area contributed by atoms with Crippen molar-refractivity contribution in [3.05, 3.63) is 24.3 Å². The minimum atomic E-state index is -0.342. The first-order valence-electron chi connectivity index (χ1n) is 4.83. The predicted octanol–water partition coefficient (Wildman–Crippen LogP) is 0.461. The van der Waals surface area contributed by atoms with E-state index >= 15 is 0 Å². The van der Waals surface area contributed by atoms with Gasteiger partial charge in [0.1, 0.15) is 0 Å². The van der Waals surface area contributed by atoms with Crippen LogP contribution in [0.25, 0.3) is 0 Å². The van der Waals surface area contributed by atoms with E-state index in [9.17, 15) is 4.79 Å². The third-order valence-corrected chi connectivity index (χ3v) is 2.09. The minimum Gasteiger partial charge on any atom is -0.396 e. The lowest BCUT2D eigenvalue weighted by atomic mass is 10.3. The SMILES string of the molecule is CCn1cc(N)c(C(=O)Nc2cn[nH]c2)n1. The second kappa shape index (κ2) is 4.05. The van der Waals surface area contributed by atoms with Crippen molar-refractivity contribution >= 4 is 17.3 Å². The number of aromatic nitrogens is 4. The van der Waals surface area contributed by atoms with Gasteiger partial charge >= 0.3 is 0 Å². The van der Waals surface area contributed by atoms with E-state index in [1.54, 1.807) is 17.1 Å².